The Morgan fingerprint density at radius 1 is 1.25 bits per heavy atom. The van der Waals surface area contributed by atoms with Crippen LogP contribution < -0.4 is 4.74 Å². The molecule has 1 atom stereocenters. The first-order chi connectivity index (χ1) is 9.47. The Bertz CT molecular complexity index is 626. The fraction of sp³-hybridized carbons (Fsp3) is 0.143. The lowest BCUT2D eigenvalue weighted by Crippen LogP contribution is -1.92. The van der Waals surface area contributed by atoms with Crippen LogP contribution in [0.2, 0.25) is 5.02 Å². The number of rotatable bonds is 4. The van der Waals surface area contributed by atoms with Gasteiger partial charge in [-0.15, -0.1) is 0 Å². The highest BCUT2D eigenvalue weighted by Crippen LogP contribution is 2.32. The number of aliphatic hydroxyl groups is 1. The molecule has 0 aliphatic carbocycles. The Hall–Kier alpha value is -2.11. The molecule has 0 spiro atoms. The van der Waals surface area contributed by atoms with E-state index in [-0.39, 0.29) is 10.7 Å². The van der Waals surface area contributed by atoms with Gasteiger partial charge in [-0.3, -0.25) is 10.1 Å². The number of hydrogen-bond acceptors (Lipinski definition) is 4. The first-order valence-electron chi connectivity index (χ1n) is 5.87. The Kier molecular flexibility index (Phi) is 4.22. The standard InChI is InChI=1S/C14H12ClNO4/c1-9(17)10-2-5-12(6-3-10)20-14-7-4-11(16(18)19)8-13(14)15/h2-9,17H,1H3. The second-order valence-corrected chi connectivity index (χ2v) is 4.63. The van der Waals surface area contributed by atoms with Gasteiger partial charge in [-0.2, -0.15) is 0 Å². The van der Waals surface area contributed by atoms with Gasteiger partial charge >= 0.3 is 0 Å². The van der Waals surface area contributed by atoms with E-state index in [0.717, 1.165) is 5.56 Å². The molecule has 104 valence electrons. The highest BCUT2D eigenvalue weighted by atomic mass is 35.5. The smallest absolute Gasteiger partial charge is 0.271 e. The number of halogens is 1. The zero-order valence-electron chi connectivity index (χ0n) is 10.6. The average molecular weight is 294 g/mol. The molecule has 0 radical (unpaired) electrons. The maximum absolute atomic E-state index is 10.6. The van der Waals surface area contributed by atoms with Crippen molar-refractivity contribution in [2.45, 2.75) is 13.0 Å². The zero-order chi connectivity index (χ0) is 14.7. The van der Waals surface area contributed by atoms with Crippen molar-refractivity contribution < 1.29 is 14.8 Å². The van der Waals surface area contributed by atoms with Crippen molar-refractivity contribution in [2.24, 2.45) is 0 Å². The predicted octanol–water partition coefficient (Wildman–Crippen LogP) is 4.09. The lowest BCUT2D eigenvalue weighted by atomic mass is 10.1. The Morgan fingerprint density at radius 3 is 2.40 bits per heavy atom. The number of nitrogens with zero attached hydrogens (tertiary/aromatic N) is 1. The molecular weight excluding hydrogens is 282 g/mol. The van der Waals surface area contributed by atoms with E-state index >= 15 is 0 Å². The quantitative estimate of drug-likeness (QED) is 0.680. The Balaban J connectivity index is 2.19. The summed E-state index contributed by atoms with van der Waals surface area (Å²) in [6, 6.07) is 10.9. The molecule has 2 aromatic rings. The lowest BCUT2D eigenvalue weighted by Gasteiger charge is -2.09. The van der Waals surface area contributed by atoms with E-state index in [9.17, 15) is 15.2 Å². The van der Waals surface area contributed by atoms with Gasteiger partial charge in [0.05, 0.1) is 16.0 Å². The number of ether oxygens (including phenoxy) is 1. The SMILES string of the molecule is CC(O)c1ccc(Oc2ccc([N+](=O)[O-])cc2Cl)cc1. The van der Waals surface area contributed by atoms with Crippen LogP contribution in [0.4, 0.5) is 5.69 Å². The molecule has 1 N–H and O–H groups in total. The molecule has 0 saturated heterocycles. The third-order valence-corrected chi connectivity index (χ3v) is 3.01. The van der Waals surface area contributed by atoms with Crippen molar-refractivity contribution in [1.82, 2.24) is 0 Å². The number of nitro benzene ring substituents is 1. The molecule has 6 heteroatoms. The van der Waals surface area contributed by atoms with Gasteiger partial charge in [-0.05, 0) is 30.7 Å². The number of benzene rings is 2. The summed E-state index contributed by atoms with van der Waals surface area (Å²) < 4.78 is 5.54. The molecule has 0 aliphatic rings. The molecule has 0 heterocycles. The lowest BCUT2D eigenvalue weighted by molar-refractivity contribution is -0.384. The molecule has 20 heavy (non-hydrogen) atoms. The van der Waals surface area contributed by atoms with Crippen molar-refractivity contribution in [2.75, 3.05) is 0 Å². The van der Waals surface area contributed by atoms with Gasteiger partial charge in [0.2, 0.25) is 0 Å². The maximum Gasteiger partial charge on any atom is 0.271 e. The fourth-order valence-electron chi connectivity index (χ4n) is 1.63. The predicted molar refractivity (Wildman–Crippen MR) is 75.3 cm³/mol. The highest BCUT2D eigenvalue weighted by Gasteiger charge is 2.11. The summed E-state index contributed by atoms with van der Waals surface area (Å²) in [5.74, 6) is 0.868. The minimum Gasteiger partial charge on any atom is -0.456 e. The van der Waals surface area contributed by atoms with Gasteiger partial charge in [-0.25, -0.2) is 0 Å². The van der Waals surface area contributed by atoms with Gasteiger partial charge in [-0.1, -0.05) is 23.7 Å². The molecule has 0 bridgehead atoms. The maximum atomic E-state index is 10.6. The molecule has 0 fully saturated rings. The molecule has 0 aromatic heterocycles. The summed E-state index contributed by atoms with van der Waals surface area (Å²) in [6.45, 7) is 1.67. The van der Waals surface area contributed by atoms with E-state index < -0.39 is 11.0 Å². The molecule has 2 rings (SSSR count). The van der Waals surface area contributed by atoms with Crippen LogP contribution in [0.15, 0.2) is 42.5 Å². The number of non-ortho nitro benzene ring substituents is 1. The van der Waals surface area contributed by atoms with Crippen LogP contribution in [0.1, 0.15) is 18.6 Å². The van der Waals surface area contributed by atoms with Crippen molar-refractivity contribution >= 4 is 17.3 Å². The minimum absolute atomic E-state index is 0.0909. The molecule has 5 nitrogen and oxygen atoms in total. The summed E-state index contributed by atoms with van der Waals surface area (Å²) in [7, 11) is 0. The highest BCUT2D eigenvalue weighted by molar-refractivity contribution is 6.32. The van der Waals surface area contributed by atoms with E-state index in [1.165, 1.54) is 18.2 Å². The summed E-state index contributed by atoms with van der Waals surface area (Å²) in [6.07, 6.45) is -0.549. The van der Waals surface area contributed by atoms with Crippen LogP contribution in [-0.2, 0) is 0 Å². The third-order valence-electron chi connectivity index (χ3n) is 2.72. The first kappa shape index (κ1) is 14.3. The molecule has 0 aliphatic heterocycles. The number of aliphatic hydroxyl groups excluding tert-OH is 1. The monoisotopic (exact) mass is 293 g/mol. The third kappa shape index (κ3) is 3.26. The van der Waals surface area contributed by atoms with Gasteiger partial charge in [0.1, 0.15) is 11.5 Å². The van der Waals surface area contributed by atoms with E-state index in [1.54, 1.807) is 31.2 Å². The van der Waals surface area contributed by atoms with Gasteiger partial charge in [0.25, 0.3) is 5.69 Å². The number of hydrogen-bond donors (Lipinski definition) is 1. The number of nitro groups is 1. The normalized spacial score (nSPS) is 11.9. The van der Waals surface area contributed by atoms with Crippen molar-refractivity contribution in [3.05, 3.63) is 63.2 Å². The summed E-state index contributed by atoms with van der Waals surface area (Å²) >= 11 is 5.94. The van der Waals surface area contributed by atoms with Gasteiger partial charge in [0, 0.05) is 12.1 Å². The van der Waals surface area contributed by atoms with E-state index in [4.69, 9.17) is 16.3 Å². The zero-order valence-corrected chi connectivity index (χ0v) is 11.4. The molecular formula is C14H12ClNO4. The molecule has 2 aromatic carbocycles. The van der Waals surface area contributed by atoms with Crippen LogP contribution in [0, 0.1) is 10.1 Å². The van der Waals surface area contributed by atoms with Crippen molar-refractivity contribution in [3.8, 4) is 11.5 Å². The molecule has 1 unspecified atom stereocenters. The van der Waals surface area contributed by atoms with Crippen LogP contribution >= 0.6 is 11.6 Å². The first-order valence-corrected chi connectivity index (χ1v) is 6.25. The Labute approximate surface area is 120 Å². The van der Waals surface area contributed by atoms with E-state index in [1.807, 2.05) is 0 Å². The van der Waals surface area contributed by atoms with Crippen LogP contribution in [-0.4, -0.2) is 10.0 Å². The second kappa shape index (κ2) is 5.90. The molecule has 0 saturated carbocycles. The summed E-state index contributed by atoms with van der Waals surface area (Å²) in [4.78, 5) is 10.1. The molecule has 0 amide bonds. The van der Waals surface area contributed by atoms with E-state index in [2.05, 4.69) is 0 Å². The van der Waals surface area contributed by atoms with Crippen LogP contribution in [0.5, 0.6) is 11.5 Å². The van der Waals surface area contributed by atoms with Crippen LogP contribution in [0.25, 0.3) is 0 Å². The Morgan fingerprint density at radius 2 is 1.90 bits per heavy atom. The second-order valence-electron chi connectivity index (χ2n) is 4.22. The van der Waals surface area contributed by atoms with Gasteiger partial charge in [0.15, 0.2) is 0 Å². The summed E-state index contributed by atoms with van der Waals surface area (Å²) in [5.41, 5.74) is 0.680. The minimum atomic E-state index is -0.549. The average Bonchev–Trinajstić information content (AvgIpc) is 2.41. The van der Waals surface area contributed by atoms with Gasteiger partial charge < -0.3 is 9.84 Å². The summed E-state index contributed by atoms with van der Waals surface area (Å²) in [5, 5.41) is 20.2. The van der Waals surface area contributed by atoms with Crippen molar-refractivity contribution in [3.63, 3.8) is 0 Å². The van der Waals surface area contributed by atoms with Crippen LogP contribution in [0.3, 0.4) is 0 Å². The van der Waals surface area contributed by atoms with Crippen molar-refractivity contribution in [1.29, 1.82) is 0 Å². The fourth-order valence-corrected chi connectivity index (χ4v) is 1.84. The largest absolute Gasteiger partial charge is 0.456 e. The topological polar surface area (TPSA) is 72.6 Å². The van der Waals surface area contributed by atoms with E-state index in [0.29, 0.717) is 11.5 Å².